The van der Waals surface area contributed by atoms with E-state index in [4.69, 9.17) is 9.84 Å². The maximum absolute atomic E-state index is 12.0. The van der Waals surface area contributed by atoms with Gasteiger partial charge in [-0.15, -0.1) is 0 Å². The highest BCUT2D eigenvalue weighted by molar-refractivity contribution is 5.91. The molecular weight excluding hydrogens is 297 g/mol. The first-order valence-electron chi connectivity index (χ1n) is 5.85. The summed E-state index contributed by atoms with van der Waals surface area (Å²) < 4.78 is 40.9. The van der Waals surface area contributed by atoms with Gasteiger partial charge in [0.15, 0.2) is 0 Å². The van der Waals surface area contributed by atoms with Gasteiger partial charge in [-0.3, -0.25) is 14.4 Å². The van der Waals surface area contributed by atoms with Gasteiger partial charge < -0.3 is 20.5 Å². The second kappa shape index (κ2) is 7.25. The van der Waals surface area contributed by atoms with Crippen molar-refractivity contribution in [2.24, 2.45) is 0 Å². The summed E-state index contributed by atoms with van der Waals surface area (Å²) in [6.07, 6.45) is -5.18. The van der Waals surface area contributed by atoms with Gasteiger partial charge in [0.25, 0.3) is 0 Å². The van der Waals surface area contributed by atoms with Crippen LogP contribution in [0, 0.1) is 0 Å². The highest BCUT2D eigenvalue weighted by Gasteiger charge is 2.40. The number of aliphatic hydroxyl groups excluding tert-OH is 1. The van der Waals surface area contributed by atoms with E-state index >= 15 is 0 Å². The number of carbonyl (C=O) groups excluding carboxylic acids is 3. The van der Waals surface area contributed by atoms with Crippen molar-refractivity contribution in [1.82, 2.24) is 10.6 Å². The minimum Gasteiger partial charge on any atom is -0.459 e. The Kier molecular flexibility index (Phi) is 6.61. The molecule has 0 unspecified atom stereocenters. The summed E-state index contributed by atoms with van der Waals surface area (Å²) in [5.74, 6) is -4.32. The first-order chi connectivity index (χ1) is 9.36. The summed E-state index contributed by atoms with van der Waals surface area (Å²) in [6, 6.07) is -1.82. The lowest BCUT2D eigenvalue weighted by Crippen LogP contribution is -2.53. The number of nitrogens with one attached hydrogen (secondary N) is 2. The predicted octanol–water partition coefficient (Wildman–Crippen LogP) is -0.516. The van der Waals surface area contributed by atoms with E-state index in [1.54, 1.807) is 20.8 Å². The molecule has 0 aliphatic rings. The summed E-state index contributed by atoms with van der Waals surface area (Å²) in [5, 5.41) is 12.1. The third kappa shape index (κ3) is 8.12. The number of rotatable bonds is 5. The lowest BCUT2D eigenvalue weighted by molar-refractivity contribution is -0.175. The summed E-state index contributed by atoms with van der Waals surface area (Å²) >= 11 is 0. The highest BCUT2D eigenvalue weighted by Crippen LogP contribution is 2.14. The topological polar surface area (TPSA) is 105 Å². The van der Waals surface area contributed by atoms with Crippen LogP contribution < -0.4 is 10.6 Å². The largest absolute Gasteiger partial charge is 0.471 e. The molecule has 122 valence electrons. The van der Waals surface area contributed by atoms with Crippen LogP contribution in [0.3, 0.4) is 0 Å². The van der Waals surface area contributed by atoms with E-state index in [1.807, 2.05) is 5.32 Å². The van der Waals surface area contributed by atoms with E-state index in [1.165, 1.54) is 5.32 Å². The van der Waals surface area contributed by atoms with Gasteiger partial charge >= 0.3 is 18.1 Å². The molecule has 0 fully saturated rings. The molecular formula is C11H17F3N2O5. The fourth-order valence-electron chi connectivity index (χ4n) is 1.09. The predicted molar refractivity (Wildman–Crippen MR) is 63.9 cm³/mol. The maximum atomic E-state index is 12.0. The van der Waals surface area contributed by atoms with Crippen molar-refractivity contribution in [1.29, 1.82) is 0 Å². The van der Waals surface area contributed by atoms with Crippen LogP contribution in [0.5, 0.6) is 0 Å². The van der Waals surface area contributed by atoms with Crippen molar-refractivity contribution in [3.8, 4) is 0 Å². The molecule has 21 heavy (non-hydrogen) atoms. The number of alkyl halides is 3. The quantitative estimate of drug-likeness (QED) is 0.593. The Bertz CT molecular complexity index is 404. The zero-order valence-electron chi connectivity index (χ0n) is 11.7. The summed E-state index contributed by atoms with van der Waals surface area (Å²) in [7, 11) is 0. The van der Waals surface area contributed by atoms with Crippen LogP contribution in [0.4, 0.5) is 13.2 Å². The van der Waals surface area contributed by atoms with Gasteiger partial charge in [-0.25, -0.2) is 0 Å². The number of amides is 2. The van der Waals surface area contributed by atoms with Crippen molar-refractivity contribution < 1.29 is 37.4 Å². The van der Waals surface area contributed by atoms with Gasteiger partial charge in [-0.2, -0.15) is 13.2 Å². The number of halogens is 3. The third-order valence-corrected chi connectivity index (χ3v) is 1.89. The van der Waals surface area contributed by atoms with Crippen LogP contribution in [0.15, 0.2) is 0 Å². The van der Waals surface area contributed by atoms with Crippen molar-refractivity contribution in [2.45, 2.75) is 38.6 Å². The Morgan fingerprint density at radius 3 is 2.10 bits per heavy atom. The molecule has 1 atom stereocenters. The van der Waals surface area contributed by atoms with Gasteiger partial charge in [0, 0.05) is 0 Å². The zero-order valence-corrected chi connectivity index (χ0v) is 11.7. The smallest absolute Gasteiger partial charge is 0.459 e. The lowest BCUT2D eigenvalue weighted by Gasteiger charge is -2.20. The molecule has 0 aliphatic heterocycles. The van der Waals surface area contributed by atoms with Crippen LogP contribution in [-0.4, -0.2) is 53.9 Å². The molecule has 0 bridgehead atoms. The van der Waals surface area contributed by atoms with Gasteiger partial charge in [-0.05, 0) is 20.8 Å². The van der Waals surface area contributed by atoms with Gasteiger partial charge in [0.05, 0.1) is 6.61 Å². The number of hydrogen-bond donors (Lipinski definition) is 3. The first kappa shape index (κ1) is 19.2. The summed E-state index contributed by atoms with van der Waals surface area (Å²) in [6.45, 7) is 3.11. The standard InChI is InChI=1S/C11H17F3N2O5/c1-10(2,3)21-7(18)4-15-8(19)6(5-17)16-9(20)11(12,13)14/h6,17H,4-5H2,1-3H3,(H,15,19)(H,16,20)/t6-/m0/s1. The average molecular weight is 314 g/mol. The van der Waals surface area contributed by atoms with E-state index in [2.05, 4.69) is 0 Å². The molecule has 0 aromatic carbocycles. The van der Waals surface area contributed by atoms with Crippen molar-refractivity contribution in [3.63, 3.8) is 0 Å². The van der Waals surface area contributed by atoms with Crippen LogP contribution in [0.1, 0.15) is 20.8 Å². The molecule has 0 saturated heterocycles. The molecule has 0 aromatic heterocycles. The molecule has 0 rings (SSSR count). The normalized spacial score (nSPS) is 13.3. The Balaban J connectivity index is 4.42. The molecule has 3 N–H and O–H groups in total. The molecule has 0 radical (unpaired) electrons. The highest BCUT2D eigenvalue weighted by atomic mass is 19.4. The van der Waals surface area contributed by atoms with Crippen LogP contribution >= 0.6 is 0 Å². The summed E-state index contributed by atoms with van der Waals surface area (Å²) in [4.78, 5) is 33.4. The Morgan fingerprint density at radius 2 is 1.71 bits per heavy atom. The second-order valence-corrected chi connectivity index (χ2v) is 5.01. The SMILES string of the molecule is CC(C)(C)OC(=O)CNC(=O)[C@H](CO)NC(=O)C(F)(F)F. The number of ether oxygens (including phenoxy) is 1. The Hall–Kier alpha value is -1.84. The molecule has 0 aromatic rings. The number of esters is 1. The second-order valence-electron chi connectivity index (χ2n) is 5.01. The lowest BCUT2D eigenvalue weighted by atomic mass is 10.2. The summed E-state index contributed by atoms with van der Waals surface area (Å²) in [5.41, 5.74) is -0.789. The molecule has 7 nitrogen and oxygen atoms in total. The van der Waals surface area contributed by atoms with Gasteiger partial charge in [-0.1, -0.05) is 0 Å². The molecule has 0 spiro atoms. The average Bonchev–Trinajstić information content (AvgIpc) is 2.29. The van der Waals surface area contributed by atoms with E-state index in [-0.39, 0.29) is 0 Å². The number of aliphatic hydroxyl groups is 1. The van der Waals surface area contributed by atoms with Gasteiger partial charge in [0.1, 0.15) is 18.2 Å². The molecule has 0 aliphatic carbocycles. The third-order valence-electron chi connectivity index (χ3n) is 1.89. The van der Waals surface area contributed by atoms with E-state index < -0.39 is 48.8 Å². The molecule has 0 heterocycles. The Labute approximate surface area is 118 Å². The van der Waals surface area contributed by atoms with E-state index in [0.717, 1.165) is 0 Å². The first-order valence-corrected chi connectivity index (χ1v) is 5.85. The van der Waals surface area contributed by atoms with Crippen molar-refractivity contribution in [3.05, 3.63) is 0 Å². The van der Waals surface area contributed by atoms with Crippen LogP contribution in [-0.2, 0) is 19.1 Å². The number of hydrogen-bond acceptors (Lipinski definition) is 5. The van der Waals surface area contributed by atoms with Gasteiger partial charge in [0.2, 0.25) is 5.91 Å². The van der Waals surface area contributed by atoms with Crippen molar-refractivity contribution >= 4 is 17.8 Å². The molecule has 2 amide bonds. The van der Waals surface area contributed by atoms with Crippen LogP contribution in [0.2, 0.25) is 0 Å². The molecule has 10 heteroatoms. The Morgan fingerprint density at radius 1 is 1.19 bits per heavy atom. The van der Waals surface area contributed by atoms with Crippen molar-refractivity contribution in [2.75, 3.05) is 13.2 Å². The number of carbonyl (C=O) groups is 3. The maximum Gasteiger partial charge on any atom is 0.471 e. The minimum absolute atomic E-state index is 0.603. The van der Waals surface area contributed by atoms with E-state index in [0.29, 0.717) is 0 Å². The van der Waals surface area contributed by atoms with E-state index in [9.17, 15) is 27.6 Å². The van der Waals surface area contributed by atoms with Crippen LogP contribution in [0.25, 0.3) is 0 Å². The fourth-order valence-corrected chi connectivity index (χ4v) is 1.09. The monoisotopic (exact) mass is 314 g/mol. The fraction of sp³-hybridized carbons (Fsp3) is 0.727. The zero-order chi connectivity index (χ0) is 16.8. The minimum atomic E-state index is -5.18. The molecule has 0 saturated carbocycles.